The molecule has 1 saturated heterocycles. The lowest BCUT2D eigenvalue weighted by molar-refractivity contribution is -0.385. The van der Waals surface area contributed by atoms with E-state index in [0.717, 1.165) is 0 Å². The van der Waals surface area contributed by atoms with Gasteiger partial charge in [-0.15, -0.1) is 0 Å². The van der Waals surface area contributed by atoms with E-state index in [1.54, 1.807) is 0 Å². The first-order chi connectivity index (χ1) is 9.55. The molecule has 0 unspecified atom stereocenters. The summed E-state index contributed by atoms with van der Waals surface area (Å²) >= 11 is 0. The van der Waals surface area contributed by atoms with E-state index in [0.29, 0.717) is 5.46 Å². The van der Waals surface area contributed by atoms with E-state index in [2.05, 4.69) is 4.98 Å². The van der Waals surface area contributed by atoms with Gasteiger partial charge in [-0.3, -0.25) is 14.9 Å². The Bertz CT molecular complexity index is 601. The summed E-state index contributed by atoms with van der Waals surface area (Å²) < 4.78 is 11.6. The van der Waals surface area contributed by atoms with E-state index in [-0.39, 0.29) is 5.69 Å². The third-order valence-electron chi connectivity index (χ3n) is 3.84. The summed E-state index contributed by atoms with van der Waals surface area (Å²) in [5.74, 6) is -0.956. The van der Waals surface area contributed by atoms with E-state index in [9.17, 15) is 14.9 Å². The number of carbonyl (C=O) groups excluding carboxylic acids is 1. The molecule has 112 valence electrons. The Morgan fingerprint density at radius 3 is 2.29 bits per heavy atom. The van der Waals surface area contributed by atoms with Crippen molar-refractivity contribution < 1.29 is 19.0 Å². The monoisotopic (exact) mass is 293 g/mol. The van der Waals surface area contributed by atoms with Gasteiger partial charge in [-0.25, -0.2) is 4.98 Å². The summed E-state index contributed by atoms with van der Waals surface area (Å²) in [5.41, 5.74) is 3.44. The summed E-state index contributed by atoms with van der Waals surface area (Å²) in [7, 11) is -0.789. The topological polar surface area (TPSA) is 118 Å². The fourth-order valence-electron chi connectivity index (χ4n) is 1.91. The number of aromatic nitrogens is 1. The van der Waals surface area contributed by atoms with Crippen molar-refractivity contribution in [1.82, 2.24) is 4.98 Å². The van der Waals surface area contributed by atoms with Gasteiger partial charge in [-0.2, -0.15) is 0 Å². The first kappa shape index (κ1) is 15.4. The van der Waals surface area contributed by atoms with Crippen LogP contribution in [0.1, 0.15) is 38.2 Å². The van der Waals surface area contributed by atoms with E-state index < -0.39 is 34.8 Å². The second-order valence-electron chi connectivity index (χ2n) is 5.85. The molecule has 1 aliphatic heterocycles. The highest BCUT2D eigenvalue weighted by Gasteiger charge is 2.52. The number of amides is 1. The van der Waals surface area contributed by atoms with E-state index in [1.165, 1.54) is 12.3 Å². The lowest BCUT2D eigenvalue weighted by Gasteiger charge is -2.32. The van der Waals surface area contributed by atoms with Gasteiger partial charge in [0.15, 0.2) is 0 Å². The molecule has 1 aromatic heterocycles. The maximum Gasteiger partial charge on any atom is 0.496 e. The van der Waals surface area contributed by atoms with Crippen LogP contribution in [0.25, 0.3) is 0 Å². The fourth-order valence-corrected chi connectivity index (χ4v) is 1.91. The van der Waals surface area contributed by atoms with Gasteiger partial charge in [-0.05, 0) is 27.7 Å². The minimum Gasteiger partial charge on any atom is -0.399 e. The van der Waals surface area contributed by atoms with Crippen LogP contribution in [0.5, 0.6) is 0 Å². The molecule has 0 saturated carbocycles. The van der Waals surface area contributed by atoms with Crippen LogP contribution >= 0.6 is 0 Å². The Morgan fingerprint density at radius 1 is 1.33 bits per heavy atom. The van der Waals surface area contributed by atoms with Gasteiger partial charge in [0.1, 0.15) is 0 Å². The number of carbonyl (C=O) groups is 1. The number of nitro groups is 1. The lowest BCUT2D eigenvalue weighted by atomic mass is 9.80. The van der Waals surface area contributed by atoms with Crippen molar-refractivity contribution >= 4 is 24.2 Å². The quantitative estimate of drug-likeness (QED) is 0.489. The van der Waals surface area contributed by atoms with Gasteiger partial charge < -0.3 is 15.0 Å². The van der Waals surface area contributed by atoms with Crippen LogP contribution < -0.4 is 11.2 Å². The van der Waals surface area contributed by atoms with Crippen molar-refractivity contribution in [2.75, 3.05) is 0 Å². The third kappa shape index (κ3) is 2.61. The van der Waals surface area contributed by atoms with Gasteiger partial charge in [0.05, 0.1) is 16.1 Å². The van der Waals surface area contributed by atoms with Gasteiger partial charge in [0.2, 0.25) is 5.69 Å². The number of nitrogens with zero attached hydrogens (tertiary/aromatic N) is 2. The van der Waals surface area contributed by atoms with Crippen LogP contribution in [-0.4, -0.2) is 34.1 Å². The first-order valence-corrected chi connectivity index (χ1v) is 6.35. The van der Waals surface area contributed by atoms with Gasteiger partial charge in [0.25, 0.3) is 11.6 Å². The van der Waals surface area contributed by atoms with Gasteiger partial charge in [-0.1, -0.05) is 0 Å². The molecule has 0 atom stereocenters. The average Bonchev–Trinajstić information content (AvgIpc) is 2.57. The summed E-state index contributed by atoms with van der Waals surface area (Å²) in [6, 6.07) is 1.20. The minimum atomic E-state index is -0.956. The Kier molecular flexibility index (Phi) is 3.50. The molecular weight excluding hydrogens is 277 g/mol. The predicted molar refractivity (Wildman–Crippen MR) is 75.1 cm³/mol. The summed E-state index contributed by atoms with van der Waals surface area (Å²) in [6.07, 6.45) is 1.30. The molecule has 1 amide bonds. The number of pyridine rings is 1. The molecule has 9 heteroatoms. The molecule has 0 spiro atoms. The minimum absolute atomic E-state index is 0.366. The van der Waals surface area contributed by atoms with E-state index in [1.807, 2.05) is 27.7 Å². The Labute approximate surface area is 121 Å². The highest BCUT2D eigenvalue weighted by Crippen LogP contribution is 2.36. The molecule has 1 aromatic rings. The van der Waals surface area contributed by atoms with Crippen LogP contribution in [-0.2, 0) is 9.31 Å². The number of primary amides is 1. The van der Waals surface area contributed by atoms with Gasteiger partial charge >= 0.3 is 7.12 Å². The van der Waals surface area contributed by atoms with Crippen LogP contribution in [0.4, 0.5) is 5.69 Å². The maximum absolute atomic E-state index is 11.2. The van der Waals surface area contributed by atoms with Crippen molar-refractivity contribution in [3.63, 3.8) is 0 Å². The Balaban J connectivity index is 2.41. The molecule has 0 aromatic carbocycles. The number of hydrogen-bond donors (Lipinski definition) is 1. The second-order valence-corrected chi connectivity index (χ2v) is 5.85. The zero-order chi connectivity index (χ0) is 16.0. The zero-order valence-electron chi connectivity index (χ0n) is 12.2. The van der Waals surface area contributed by atoms with E-state index in [4.69, 9.17) is 15.0 Å². The molecule has 1 aliphatic rings. The highest BCUT2D eigenvalue weighted by molar-refractivity contribution is 6.62. The van der Waals surface area contributed by atoms with Crippen LogP contribution in [0.2, 0.25) is 0 Å². The summed E-state index contributed by atoms with van der Waals surface area (Å²) in [6.45, 7) is 7.47. The molecule has 0 radical (unpaired) electrons. The van der Waals surface area contributed by atoms with Crippen molar-refractivity contribution in [3.8, 4) is 0 Å². The predicted octanol–water partition coefficient (Wildman–Crippen LogP) is 0.388. The van der Waals surface area contributed by atoms with Gasteiger partial charge in [0, 0.05) is 17.7 Å². The maximum atomic E-state index is 11.2. The second kappa shape index (κ2) is 4.78. The zero-order valence-corrected chi connectivity index (χ0v) is 12.2. The molecule has 2 N–H and O–H groups in total. The molecular formula is C12H16BN3O5. The molecule has 0 bridgehead atoms. The Hall–Kier alpha value is -2.00. The standard InChI is InChI=1S/C12H16BN3O5/c1-11(2)12(3,4)21-13(20-11)7-5-8(16(18)19)9(10(14)17)15-6-7/h5-6H,1-4H3,(H2,14,17). The lowest BCUT2D eigenvalue weighted by Crippen LogP contribution is -2.41. The summed E-state index contributed by atoms with van der Waals surface area (Å²) in [4.78, 5) is 25.2. The van der Waals surface area contributed by atoms with Crippen LogP contribution in [0, 0.1) is 10.1 Å². The molecule has 0 aliphatic carbocycles. The molecule has 1 fully saturated rings. The van der Waals surface area contributed by atoms with Crippen molar-refractivity contribution in [3.05, 3.63) is 28.1 Å². The van der Waals surface area contributed by atoms with Crippen molar-refractivity contribution in [2.45, 2.75) is 38.9 Å². The van der Waals surface area contributed by atoms with Crippen molar-refractivity contribution in [1.29, 1.82) is 0 Å². The molecule has 8 nitrogen and oxygen atoms in total. The SMILES string of the molecule is CC1(C)OB(c2cnc(C(N)=O)c([N+](=O)[O-])c2)OC1(C)C. The fraction of sp³-hybridized carbons (Fsp3) is 0.500. The number of nitrogens with two attached hydrogens (primary N) is 1. The smallest absolute Gasteiger partial charge is 0.399 e. The largest absolute Gasteiger partial charge is 0.496 e. The number of rotatable bonds is 3. The summed E-state index contributed by atoms with van der Waals surface area (Å²) in [5, 5.41) is 11.0. The first-order valence-electron chi connectivity index (χ1n) is 6.35. The molecule has 2 heterocycles. The Morgan fingerprint density at radius 2 is 1.86 bits per heavy atom. The molecule has 21 heavy (non-hydrogen) atoms. The van der Waals surface area contributed by atoms with Crippen LogP contribution in [0.3, 0.4) is 0 Å². The van der Waals surface area contributed by atoms with Crippen LogP contribution in [0.15, 0.2) is 12.3 Å². The highest BCUT2D eigenvalue weighted by atomic mass is 16.7. The normalized spacial score (nSPS) is 19.5. The average molecular weight is 293 g/mol. The third-order valence-corrected chi connectivity index (χ3v) is 3.84. The molecule has 2 rings (SSSR count). The van der Waals surface area contributed by atoms with Crippen molar-refractivity contribution in [2.24, 2.45) is 5.73 Å². The van der Waals surface area contributed by atoms with E-state index >= 15 is 0 Å². The number of hydrogen-bond acceptors (Lipinski definition) is 6.